The van der Waals surface area contributed by atoms with Crippen LogP contribution in [0.3, 0.4) is 0 Å². The van der Waals surface area contributed by atoms with Crippen LogP contribution in [0.1, 0.15) is 30.5 Å². The summed E-state index contributed by atoms with van der Waals surface area (Å²) in [6.07, 6.45) is 0.791. The van der Waals surface area contributed by atoms with Crippen LogP contribution in [0.15, 0.2) is 6.07 Å². The first-order chi connectivity index (χ1) is 7.88. The Morgan fingerprint density at radius 2 is 1.76 bits per heavy atom. The van der Waals surface area contributed by atoms with Crippen molar-refractivity contribution in [3.63, 3.8) is 0 Å². The Kier molecular flexibility index (Phi) is 3.04. The van der Waals surface area contributed by atoms with Crippen LogP contribution < -0.4 is 15.2 Å². The Bertz CT molecular complexity index is 433. The number of nitrogens with two attached hydrogens (primary N) is 1. The maximum atomic E-state index is 6.09. The van der Waals surface area contributed by atoms with E-state index >= 15 is 0 Å². The molecule has 17 heavy (non-hydrogen) atoms. The Morgan fingerprint density at radius 1 is 1.18 bits per heavy atom. The molecule has 1 aromatic rings. The van der Waals surface area contributed by atoms with Gasteiger partial charge in [-0.25, -0.2) is 0 Å². The molecule has 0 unspecified atom stereocenters. The van der Waals surface area contributed by atoms with E-state index in [1.54, 1.807) is 0 Å². The number of hydrogen-bond donors (Lipinski definition) is 1. The lowest BCUT2D eigenvalue weighted by Crippen LogP contribution is -2.35. The SMILES string of the molecule is Cc1cc(CC(C)(C)N)c2c(c1C)OCCO2. The second-order valence-electron chi connectivity index (χ2n) is 5.50. The summed E-state index contributed by atoms with van der Waals surface area (Å²) in [7, 11) is 0. The molecule has 1 aliphatic heterocycles. The second kappa shape index (κ2) is 4.22. The average Bonchev–Trinajstić information content (AvgIpc) is 2.24. The monoisotopic (exact) mass is 235 g/mol. The van der Waals surface area contributed by atoms with Crippen molar-refractivity contribution in [2.45, 2.75) is 39.7 Å². The Hall–Kier alpha value is -1.22. The standard InChI is InChI=1S/C14H21NO2/c1-9-7-11(8-14(3,4)15)13-12(10(9)2)16-5-6-17-13/h7H,5-6,8,15H2,1-4H3. The molecule has 2 N–H and O–H groups in total. The molecule has 0 aromatic heterocycles. The topological polar surface area (TPSA) is 44.5 Å². The highest BCUT2D eigenvalue weighted by atomic mass is 16.6. The van der Waals surface area contributed by atoms with E-state index in [4.69, 9.17) is 15.2 Å². The van der Waals surface area contributed by atoms with Crippen molar-refractivity contribution < 1.29 is 9.47 Å². The third-order valence-electron chi connectivity index (χ3n) is 3.04. The Morgan fingerprint density at radius 3 is 2.35 bits per heavy atom. The number of ether oxygens (including phenoxy) is 2. The minimum atomic E-state index is -0.240. The lowest BCUT2D eigenvalue weighted by molar-refractivity contribution is 0.168. The quantitative estimate of drug-likeness (QED) is 0.855. The molecule has 0 bridgehead atoms. The van der Waals surface area contributed by atoms with Crippen LogP contribution >= 0.6 is 0 Å². The van der Waals surface area contributed by atoms with E-state index in [1.165, 1.54) is 11.1 Å². The van der Waals surface area contributed by atoms with Crippen LogP contribution in [0.5, 0.6) is 11.5 Å². The molecule has 3 heteroatoms. The van der Waals surface area contributed by atoms with Crippen LogP contribution in [0.25, 0.3) is 0 Å². The van der Waals surface area contributed by atoms with E-state index in [-0.39, 0.29) is 5.54 Å². The summed E-state index contributed by atoms with van der Waals surface area (Å²) in [4.78, 5) is 0. The molecule has 0 saturated carbocycles. The number of rotatable bonds is 2. The number of hydrogen-bond acceptors (Lipinski definition) is 3. The molecule has 2 rings (SSSR count). The van der Waals surface area contributed by atoms with Crippen molar-refractivity contribution in [2.75, 3.05) is 13.2 Å². The van der Waals surface area contributed by atoms with Gasteiger partial charge in [-0.3, -0.25) is 0 Å². The zero-order valence-electron chi connectivity index (χ0n) is 11.1. The molecule has 0 saturated heterocycles. The molecule has 94 valence electrons. The highest BCUT2D eigenvalue weighted by Crippen LogP contribution is 2.39. The highest BCUT2D eigenvalue weighted by molar-refractivity contribution is 5.55. The summed E-state index contributed by atoms with van der Waals surface area (Å²) in [6.45, 7) is 9.47. The van der Waals surface area contributed by atoms with Crippen molar-refractivity contribution >= 4 is 0 Å². The highest BCUT2D eigenvalue weighted by Gasteiger charge is 2.23. The maximum Gasteiger partial charge on any atom is 0.164 e. The van der Waals surface area contributed by atoms with Gasteiger partial charge in [0.1, 0.15) is 13.2 Å². The van der Waals surface area contributed by atoms with Gasteiger partial charge in [-0.15, -0.1) is 0 Å². The third-order valence-corrected chi connectivity index (χ3v) is 3.04. The van der Waals surface area contributed by atoms with Gasteiger partial charge in [0, 0.05) is 11.1 Å². The molecule has 0 aliphatic carbocycles. The molecule has 0 amide bonds. The van der Waals surface area contributed by atoms with Crippen LogP contribution in [0.4, 0.5) is 0 Å². The molecule has 0 fully saturated rings. The summed E-state index contributed by atoms with van der Waals surface area (Å²) in [6, 6.07) is 2.16. The molecule has 1 aromatic carbocycles. The number of fused-ring (bicyclic) bond motifs is 1. The predicted molar refractivity (Wildman–Crippen MR) is 68.9 cm³/mol. The van der Waals surface area contributed by atoms with E-state index in [0.717, 1.165) is 23.5 Å². The molecule has 0 atom stereocenters. The zero-order valence-corrected chi connectivity index (χ0v) is 11.1. The molecular formula is C14H21NO2. The van der Waals surface area contributed by atoms with Crippen molar-refractivity contribution in [3.05, 3.63) is 22.8 Å². The Labute approximate surface area is 103 Å². The van der Waals surface area contributed by atoms with Gasteiger partial charge in [0.2, 0.25) is 0 Å². The van der Waals surface area contributed by atoms with Crippen molar-refractivity contribution in [3.8, 4) is 11.5 Å². The molecule has 1 heterocycles. The first-order valence-electron chi connectivity index (χ1n) is 6.06. The molecule has 3 nitrogen and oxygen atoms in total. The van der Waals surface area contributed by atoms with Crippen molar-refractivity contribution in [1.82, 2.24) is 0 Å². The summed E-state index contributed by atoms with van der Waals surface area (Å²) in [5, 5.41) is 0. The lowest BCUT2D eigenvalue weighted by Gasteiger charge is -2.27. The fraction of sp³-hybridized carbons (Fsp3) is 0.571. The minimum Gasteiger partial charge on any atom is -0.486 e. The van der Waals surface area contributed by atoms with Gasteiger partial charge >= 0.3 is 0 Å². The summed E-state index contributed by atoms with van der Waals surface area (Å²) < 4.78 is 11.5. The van der Waals surface area contributed by atoms with Crippen LogP contribution in [-0.2, 0) is 6.42 Å². The van der Waals surface area contributed by atoms with Crippen LogP contribution in [0.2, 0.25) is 0 Å². The van der Waals surface area contributed by atoms with E-state index in [2.05, 4.69) is 19.9 Å². The van der Waals surface area contributed by atoms with E-state index in [1.807, 2.05) is 13.8 Å². The molecule has 0 radical (unpaired) electrons. The lowest BCUT2D eigenvalue weighted by atomic mass is 9.92. The van der Waals surface area contributed by atoms with Gasteiger partial charge in [0.15, 0.2) is 11.5 Å². The second-order valence-corrected chi connectivity index (χ2v) is 5.50. The first-order valence-corrected chi connectivity index (χ1v) is 6.06. The zero-order chi connectivity index (χ0) is 12.6. The van der Waals surface area contributed by atoms with Gasteiger partial charge < -0.3 is 15.2 Å². The third kappa shape index (κ3) is 2.55. The summed E-state index contributed by atoms with van der Waals surface area (Å²) >= 11 is 0. The van der Waals surface area contributed by atoms with Gasteiger partial charge in [-0.05, 0) is 45.2 Å². The molecular weight excluding hydrogens is 214 g/mol. The largest absolute Gasteiger partial charge is 0.486 e. The maximum absolute atomic E-state index is 6.09. The van der Waals surface area contributed by atoms with Gasteiger partial charge in [-0.1, -0.05) is 6.07 Å². The number of benzene rings is 1. The fourth-order valence-electron chi connectivity index (χ4n) is 2.17. The minimum absolute atomic E-state index is 0.240. The van der Waals surface area contributed by atoms with Gasteiger partial charge in [-0.2, -0.15) is 0 Å². The number of aryl methyl sites for hydroxylation is 1. The smallest absolute Gasteiger partial charge is 0.164 e. The van der Waals surface area contributed by atoms with E-state index in [9.17, 15) is 0 Å². The van der Waals surface area contributed by atoms with Gasteiger partial charge in [0.25, 0.3) is 0 Å². The molecule has 0 spiro atoms. The van der Waals surface area contributed by atoms with E-state index in [0.29, 0.717) is 13.2 Å². The average molecular weight is 235 g/mol. The van der Waals surface area contributed by atoms with Crippen molar-refractivity contribution in [1.29, 1.82) is 0 Å². The van der Waals surface area contributed by atoms with E-state index < -0.39 is 0 Å². The van der Waals surface area contributed by atoms with Crippen molar-refractivity contribution in [2.24, 2.45) is 5.73 Å². The van der Waals surface area contributed by atoms with Crippen LogP contribution in [0, 0.1) is 13.8 Å². The summed E-state index contributed by atoms with van der Waals surface area (Å²) in [5.41, 5.74) is 9.40. The predicted octanol–water partition coefficient (Wildman–Crippen LogP) is 2.35. The first kappa shape index (κ1) is 12.2. The normalized spacial score (nSPS) is 14.9. The fourth-order valence-corrected chi connectivity index (χ4v) is 2.17. The van der Waals surface area contributed by atoms with Crippen LogP contribution in [-0.4, -0.2) is 18.8 Å². The Balaban J connectivity index is 2.48. The van der Waals surface area contributed by atoms with Gasteiger partial charge in [0.05, 0.1) is 0 Å². The summed E-state index contributed by atoms with van der Waals surface area (Å²) in [5.74, 6) is 1.79. The molecule has 1 aliphatic rings.